The van der Waals surface area contributed by atoms with Crippen LogP contribution in [-0.4, -0.2) is 12.5 Å². The lowest BCUT2D eigenvalue weighted by atomic mass is 10.1. The molecule has 0 unspecified atom stereocenters. The van der Waals surface area contributed by atoms with E-state index in [9.17, 15) is 4.79 Å². The standard InChI is InChI=1S/C13H12N2O/c1-2-9-15-13(16)8-7-11-3-5-12(10-14)6-4-11/h2-8H,1,9H2,(H,15,16)/b8-7-. The Morgan fingerprint density at radius 1 is 1.44 bits per heavy atom. The van der Waals surface area contributed by atoms with E-state index >= 15 is 0 Å². The fourth-order valence-corrected chi connectivity index (χ4v) is 1.07. The molecular weight excluding hydrogens is 200 g/mol. The maximum atomic E-state index is 11.2. The van der Waals surface area contributed by atoms with Gasteiger partial charge in [-0.15, -0.1) is 6.58 Å². The maximum absolute atomic E-state index is 11.2. The number of nitrogens with one attached hydrogen (secondary N) is 1. The van der Waals surface area contributed by atoms with Gasteiger partial charge in [-0.05, 0) is 23.8 Å². The van der Waals surface area contributed by atoms with Crippen molar-refractivity contribution in [3.63, 3.8) is 0 Å². The molecule has 1 amide bonds. The van der Waals surface area contributed by atoms with Crippen molar-refractivity contribution in [3.8, 4) is 6.07 Å². The molecule has 0 saturated heterocycles. The molecule has 0 atom stereocenters. The Kier molecular flexibility index (Phi) is 4.55. The molecular formula is C13H12N2O. The molecule has 1 aromatic rings. The molecule has 3 nitrogen and oxygen atoms in total. The topological polar surface area (TPSA) is 52.9 Å². The second-order valence-corrected chi connectivity index (χ2v) is 3.10. The minimum absolute atomic E-state index is 0.163. The maximum Gasteiger partial charge on any atom is 0.244 e. The third-order valence-electron chi connectivity index (χ3n) is 1.89. The van der Waals surface area contributed by atoms with E-state index in [-0.39, 0.29) is 5.91 Å². The Hall–Kier alpha value is -2.34. The predicted molar refractivity (Wildman–Crippen MR) is 63.4 cm³/mol. The number of amides is 1. The van der Waals surface area contributed by atoms with E-state index in [4.69, 9.17) is 5.26 Å². The summed E-state index contributed by atoms with van der Waals surface area (Å²) in [6.07, 6.45) is 4.76. The molecule has 0 fully saturated rings. The zero-order valence-electron chi connectivity index (χ0n) is 8.81. The smallest absolute Gasteiger partial charge is 0.244 e. The van der Waals surface area contributed by atoms with Crippen LogP contribution in [0, 0.1) is 11.3 Å². The van der Waals surface area contributed by atoms with Gasteiger partial charge in [0, 0.05) is 12.6 Å². The molecule has 0 saturated carbocycles. The van der Waals surface area contributed by atoms with Crippen LogP contribution in [0.25, 0.3) is 6.08 Å². The summed E-state index contributed by atoms with van der Waals surface area (Å²) in [5.41, 5.74) is 1.49. The van der Waals surface area contributed by atoms with Crippen LogP contribution in [0.3, 0.4) is 0 Å². The van der Waals surface area contributed by atoms with Crippen LogP contribution in [0.1, 0.15) is 11.1 Å². The molecule has 80 valence electrons. The molecule has 0 spiro atoms. The van der Waals surface area contributed by atoms with Crippen LogP contribution in [0.4, 0.5) is 0 Å². The first-order valence-corrected chi connectivity index (χ1v) is 4.83. The van der Waals surface area contributed by atoms with Gasteiger partial charge in [-0.25, -0.2) is 0 Å². The summed E-state index contributed by atoms with van der Waals surface area (Å²) in [6, 6.07) is 9.03. The minimum atomic E-state index is -0.163. The average Bonchev–Trinajstić information content (AvgIpc) is 2.34. The predicted octanol–water partition coefficient (Wildman–Crippen LogP) is 1.87. The number of carbonyl (C=O) groups is 1. The van der Waals surface area contributed by atoms with Gasteiger partial charge in [0.25, 0.3) is 0 Å². The van der Waals surface area contributed by atoms with E-state index in [0.717, 1.165) is 5.56 Å². The highest BCUT2D eigenvalue weighted by atomic mass is 16.1. The summed E-state index contributed by atoms with van der Waals surface area (Å²) < 4.78 is 0. The highest BCUT2D eigenvalue weighted by Crippen LogP contribution is 2.04. The fourth-order valence-electron chi connectivity index (χ4n) is 1.07. The lowest BCUT2D eigenvalue weighted by Crippen LogP contribution is -2.20. The van der Waals surface area contributed by atoms with Gasteiger partial charge in [0.1, 0.15) is 0 Å². The zero-order valence-corrected chi connectivity index (χ0v) is 8.81. The number of benzene rings is 1. The van der Waals surface area contributed by atoms with Crippen molar-refractivity contribution >= 4 is 12.0 Å². The van der Waals surface area contributed by atoms with E-state index in [0.29, 0.717) is 12.1 Å². The van der Waals surface area contributed by atoms with Crippen molar-refractivity contribution in [1.29, 1.82) is 5.26 Å². The van der Waals surface area contributed by atoms with Gasteiger partial charge in [0.2, 0.25) is 5.91 Å². The highest BCUT2D eigenvalue weighted by molar-refractivity contribution is 5.91. The SMILES string of the molecule is C=CCNC(=O)/C=C\c1ccc(C#N)cc1. The van der Waals surface area contributed by atoms with Crippen molar-refractivity contribution in [3.05, 3.63) is 54.1 Å². The zero-order chi connectivity index (χ0) is 11.8. The number of hydrogen-bond donors (Lipinski definition) is 1. The third-order valence-corrected chi connectivity index (χ3v) is 1.89. The van der Waals surface area contributed by atoms with Crippen molar-refractivity contribution in [2.75, 3.05) is 6.54 Å². The van der Waals surface area contributed by atoms with E-state index in [2.05, 4.69) is 11.9 Å². The first-order chi connectivity index (χ1) is 7.76. The number of rotatable bonds is 4. The molecule has 0 bridgehead atoms. The van der Waals surface area contributed by atoms with E-state index < -0.39 is 0 Å². The first kappa shape index (κ1) is 11.7. The summed E-state index contributed by atoms with van der Waals surface area (Å²) in [6.45, 7) is 3.96. The minimum Gasteiger partial charge on any atom is -0.349 e. The first-order valence-electron chi connectivity index (χ1n) is 4.83. The average molecular weight is 212 g/mol. The Labute approximate surface area is 94.7 Å². The molecule has 1 N–H and O–H groups in total. The second kappa shape index (κ2) is 6.20. The van der Waals surface area contributed by atoms with Crippen molar-refractivity contribution in [2.24, 2.45) is 0 Å². The van der Waals surface area contributed by atoms with Crippen LogP contribution in [0.5, 0.6) is 0 Å². The lowest BCUT2D eigenvalue weighted by Gasteiger charge is -1.96. The van der Waals surface area contributed by atoms with Gasteiger partial charge >= 0.3 is 0 Å². The lowest BCUT2D eigenvalue weighted by molar-refractivity contribution is -0.116. The largest absolute Gasteiger partial charge is 0.349 e. The van der Waals surface area contributed by atoms with Crippen molar-refractivity contribution < 1.29 is 4.79 Å². The fraction of sp³-hybridized carbons (Fsp3) is 0.0769. The van der Waals surface area contributed by atoms with Crippen molar-refractivity contribution in [2.45, 2.75) is 0 Å². The van der Waals surface area contributed by atoms with E-state index in [1.807, 2.05) is 6.07 Å². The third kappa shape index (κ3) is 3.81. The van der Waals surface area contributed by atoms with Gasteiger partial charge in [0.15, 0.2) is 0 Å². The number of carbonyl (C=O) groups excluding carboxylic acids is 1. The number of nitriles is 1. The summed E-state index contributed by atoms with van der Waals surface area (Å²) in [5, 5.41) is 11.2. The summed E-state index contributed by atoms with van der Waals surface area (Å²) in [4.78, 5) is 11.2. The molecule has 1 aromatic carbocycles. The molecule has 0 radical (unpaired) electrons. The molecule has 0 aliphatic rings. The van der Waals surface area contributed by atoms with Crippen molar-refractivity contribution in [1.82, 2.24) is 5.32 Å². The van der Waals surface area contributed by atoms with Crippen LogP contribution in [0.15, 0.2) is 43.0 Å². The molecule has 1 rings (SSSR count). The quantitative estimate of drug-likeness (QED) is 0.612. The van der Waals surface area contributed by atoms with Crippen LogP contribution >= 0.6 is 0 Å². The Bertz CT molecular complexity index is 438. The Balaban J connectivity index is 2.59. The summed E-state index contributed by atoms with van der Waals surface area (Å²) in [5.74, 6) is -0.163. The molecule has 16 heavy (non-hydrogen) atoms. The monoisotopic (exact) mass is 212 g/mol. The van der Waals surface area contributed by atoms with Gasteiger partial charge in [-0.2, -0.15) is 5.26 Å². The van der Waals surface area contributed by atoms with E-state index in [1.165, 1.54) is 6.08 Å². The molecule has 0 aliphatic heterocycles. The van der Waals surface area contributed by atoms with Gasteiger partial charge in [0.05, 0.1) is 11.6 Å². The van der Waals surface area contributed by atoms with Gasteiger partial charge in [-0.1, -0.05) is 18.2 Å². The highest BCUT2D eigenvalue weighted by Gasteiger charge is 1.93. The number of hydrogen-bond acceptors (Lipinski definition) is 2. The molecule has 0 aromatic heterocycles. The van der Waals surface area contributed by atoms with Gasteiger partial charge < -0.3 is 5.32 Å². The second-order valence-electron chi connectivity index (χ2n) is 3.10. The summed E-state index contributed by atoms with van der Waals surface area (Å²) in [7, 11) is 0. The van der Waals surface area contributed by atoms with Crippen LogP contribution < -0.4 is 5.32 Å². The van der Waals surface area contributed by atoms with Crippen LogP contribution in [0.2, 0.25) is 0 Å². The molecule has 0 aliphatic carbocycles. The Morgan fingerprint density at radius 2 is 2.12 bits per heavy atom. The van der Waals surface area contributed by atoms with Gasteiger partial charge in [-0.3, -0.25) is 4.79 Å². The molecule has 0 heterocycles. The molecule has 3 heteroatoms. The van der Waals surface area contributed by atoms with E-state index in [1.54, 1.807) is 36.4 Å². The van der Waals surface area contributed by atoms with Crippen LogP contribution in [-0.2, 0) is 4.79 Å². The normalized spacial score (nSPS) is 9.69. The number of nitrogens with zero attached hydrogens (tertiary/aromatic N) is 1. The summed E-state index contributed by atoms with van der Waals surface area (Å²) >= 11 is 0. The Morgan fingerprint density at radius 3 is 2.69 bits per heavy atom.